The summed E-state index contributed by atoms with van der Waals surface area (Å²) in [6, 6.07) is 11.0. The highest BCUT2D eigenvalue weighted by molar-refractivity contribution is 5.73. The van der Waals surface area contributed by atoms with Crippen LogP contribution in [0.25, 0.3) is 0 Å². The Morgan fingerprint density at radius 2 is 2.00 bits per heavy atom. The lowest BCUT2D eigenvalue weighted by molar-refractivity contribution is 0.0572. The monoisotopic (exact) mass is 332 g/mol. The summed E-state index contributed by atoms with van der Waals surface area (Å²) in [6.45, 7) is 2.31. The molecule has 2 amide bonds. The van der Waals surface area contributed by atoms with Crippen molar-refractivity contribution in [1.82, 2.24) is 10.6 Å². The number of benzene rings is 1. The summed E-state index contributed by atoms with van der Waals surface area (Å²) in [5, 5.41) is 15.7. The zero-order valence-electron chi connectivity index (χ0n) is 14.0. The van der Waals surface area contributed by atoms with E-state index in [0.29, 0.717) is 18.7 Å². The summed E-state index contributed by atoms with van der Waals surface area (Å²) in [6.07, 6.45) is 2.62. The normalized spacial score (nSPS) is 13.1. The molecule has 0 saturated carbocycles. The molecule has 0 spiro atoms. The molecule has 0 fully saturated rings. The number of methoxy groups -OCH3 is 1. The predicted octanol–water partition coefficient (Wildman–Crippen LogP) is 2.12. The summed E-state index contributed by atoms with van der Waals surface area (Å²) in [4.78, 5) is 11.8. The lowest BCUT2D eigenvalue weighted by Gasteiger charge is -2.22. The lowest BCUT2D eigenvalue weighted by atomic mass is 10.0. The number of furan rings is 1. The molecule has 3 N–H and O–H groups in total. The van der Waals surface area contributed by atoms with Crippen LogP contribution in [0.4, 0.5) is 4.79 Å². The van der Waals surface area contributed by atoms with Gasteiger partial charge < -0.3 is 24.9 Å². The molecule has 0 aliphatic heterocycles. The minimum absolute atomic E-state index is 0.141. The number of hydrogen-bond donors (Lipinski definition) is 3. The van der Waals surface area contributed by atoms with E-state index in [4.69, 9.17) is 9.15 Å². The molecule has 2 aromatic rings. The Balaban J connectivity index is 1.67. The number of aliphatic hydroxyl groups is 1. The van der Waals surface area contributed by atoms with Crippen LogP contribution in [0.2, 0.25) is 0 Å². The first-order valence-electron chi connectivity index (χ1n) is 7.88. The van der Waals surface area contributed by atoms with Gasteiger partial charge >= 0.3 is 6.03 Å². The van der Waals surface area contributed by atoms with Gasteiger partial charge in [0.05, 0.1) is 19.0 Å². The van der Waals surface area contributed by atoms with Crippen LogP contribution in [-0.4, -0.2) is 36.9 Å². The zero-order chi connectivity index (χ0) is 17.4. The van der Waals surface area contributed by atoms with Crippen LogP contribution in [0.3, 0.4) is 0 Å². The average Bonchev–Trinajstić information content (AvgIpc) is 3.06. The summed E-state index contributed by atoms with van der Waals surface area (Å²) >= 11 is 0. The molecular formula is C18H24N2O4. The van der Waals surface area contributed by atoms with E-state index in [-0.39, 0.29) is 12.6 Å². The third kappa shape index (κ3) is 5.96. The molecule has 1 unspecified atom stereocenters. The van der Waals surface area contributed by atoms with Crippen molar-refractivity contribution in [2.75, 3.05) is 20.2 Å². The molecule has 6 heteroatoms. The summed E-state index contributed by atoms with van der Waals surface area (Å²) < 4.78 is 10.3. The van der Waals surface area contributed by atoms with Gasteiger partial charge in [0, 0.05) is 19.5 Å². The first-order chi connectivity index (χ1) is 11.5. The van der Waals surface area contributed by atoms with Crippen molar-refractivity contribution in [2.45, 2.75) is 25.4 Å². The van der Waals surface area contributed by atoms with Crippen LogP contribution in [0.15, 0.2) is 47.1 Å². The molecule has 24 heavy (non-hydrogen) atoms. The number of ether oxygens (including phenoxy) is 1. The first-order valence-corrected chi connectivity index (χ1v) is 7.88. The number of carbonyl (C=O) groups is 1. The van der Waals surface area contributed by atoms with E-state index in [1.807, 2.05) is 24.3 Å². The van der Waals surface area contributed by atoms with E-state index < -0.39 is 5.60 Å². The Kier molecular flexibility index (Phi) is 6.26. The van der Waals surface area contributed by atoms with Crippen LogP contribution in [0.5, 0.6) is 5.75 Å². The maximum Gasteiger partial charge on any atom is 0.314 e. The van der Waals surface area contributed by atoms with Gasteiger partial charge in [-0.25, -0.2) is 4.79 Å². The smallest absolute Gasteiger partial charge is 0.314 e. The molecule has 0 saturated heterocycles. The Morgan fingerprint density at radius 1 is 1.25 bits per heavy atom. The van der Waals surface area contributed by atoms with E-state index in [2.05, 4.69) is 10.6 Å². The Hall–Kier alpha value is -2.47. The second-order valence-electron chi connectivity index (χ2n) is 5.96. The molecule has 130 valence electrons. The SMILES string of the molecule is COc1ccc(CCNC(=O)NCC(C)(O)Cc2ccco2)cc1. The van der Waals surface area contributed by atoms with Gasteiger partial charge in [-0.05, 0) is 43.2 Å². The van der Waals surface area contributed by atoms with Crippen LogP contribution < -0.4 is 15.4 Å². The first kappa shape index (κ1) is 17.9. The largest absolute Gasteiger partial charge is 0.497 e. The van der Waals surface area contributed by atoms with Gasteiger partial charge in [-0.15, -0.1) is 0 Å². The van der Waals surface area contributed by atoms with Crippen LogP contribution >= 0.6 is 0 Å². The average molecular weight is 332 g/mol. The van der Waals surface area contributed by atoms with Crippen molar-refractivity contribution in [3.05, 3.63) is 54.0 Å². The molecular weight excluding hydrogens is 308 g/mol. The molecule has 1 atom stereocenters. The summed E-state index contributed by atoms with van der Waals surface area (Å²) in [5.74, 6) is 1.49. The molecule has 0 aliphatic carbocycles. The van der Waals surface area contributed by atoms with E-state index in [1.54, 1.807) is 32.4 Å². The number of hydrogen-bond acceptors (Lipinski definition) is 4. The standard InChI is InChI=1S/C18H24N2O4/c1-18(22,12-16-4-3-11-24-16)13-20-17(21)19-10-9-14-5-7-15(23-2)8-6-14/h3-8,11,22H,9-10,12-13H2,1-2H3,(H2,19,20,21). The fourth-order valence-electron chi connectivity index (χ4n) is 2.30. The molecule has 1 heterocycles. The second-order valence-corrected chi connectivity index (χ2v) is 5.96. The second kappa shape index (κ2) is 8.40. The minimum Gasteiger partial charge on any atom is -0.497 e. The summed E-state index contributed by atoms with van der Waals surface area (Å²) in [5.41, 5.74) is 0.0477. The predicted molar refractivity (Wildman–Crippen MR) is 91.1 cm³/mol. The fraction of sp³-hybridized carbons (Fsp3) is 0.389. The molecule has 1 aromatic heterocycles. The molecule has 0 bridgehead atoms. The van der Waals surface area contributed by atoms with Gasteiger partial charge in [-0.2, -0.15) is 0 Å². The molecule has 6 nitrogen and oxygen atoms in total. The number of carbonyl (C=O) groups excluding carboxylic acids is 1. The van der Waals surface area contributed by atoms with Gasteiger partial charge in [0.15, 0.2) is 0 Å². The van der Waals surface area contributed by atoms with Gasteiger partial charge in [0.1, 0.15) is 11.5 Å². The zero-order valence-corrected chi connectivity index (χ0v) is 14.0. The topological polar surface area (TPSA) is 83.7 Å². The Bertz CT molecular complexity index is 621. The number of amides is 2. The van der Waals surface area contributed by atoms with Crippen LogP contribution in [0.1, 0.15) is 18.2 Å². The van der Waals surface area contributed by atoms with Crippen molar-refractivity contribution < 1.29 is 19.1 Å². The third-order valence-corrected chi connectivity index (χ3v) is 3.62. The van der Waals surface area contributed by atoms with Crippen molar-refractivity contribution in [3.63, 3.8) is 0 Å². The summed E-state index contributed by atoms with van der Waals surface area (Å²) in [7, 11) is 1.63. The van der Waals surface area contributed by atoms with Crippen molar-refractivity contribution in [1.29, 1.82) is 0 Å². The van der Waals surface area contributed by atoms with E-state index in [1.165, 1.54) is 0 Å². The van der Waals surface area contributed by atoms with Gasteiger partial charge in [-0.1, -0.05) is 12.1 Å². The molecule has 0 radical (unpaired) electrons. The van der Waals surface area contributed by atoms with E-state index in [0.717, 1.165) is 17.7 Å². The van der Waals surface area contributed by atoms with Gasteiger partial charge in [0.2, 0.25) is 0 Å². The highest BCUT2D eigenvalue weighted by Crippen LogP contribution is 2.13. The minimum atomic E-state index is -1.06. The fourth-order valence-corrected chi connectivity index (χ4v) is 2.30. The van der Waals surface area contributed by atoms with Crippen molar-refractivity contribution in [2.24, 2.45) is 0 Å². The maximum absolute atomic E-state index is 11.8. The van der Waals surface area contributed by atoms with Crippen LogP contribution in [0, 0.1) is 0 Å². The highest BCUT2D eigenvalue weighted by Gasteiger charge is 2.23. The Labute approximate surface area is 141 Å². The lowest BCUT2D eigenvalue weighted by Crippen LogP contribution is -2.46. The molecule has 0 aliphatic rings. The molecule has 2 rings (SSSR count). The van der Waals surface area contributed by atoms with Gasteiger partial charge in [-0.3, -0.25) is 0 Å². The van der Waals surface area contributed by atoms with E-state index >= 15 is 0 Å². The number of rotatable bonds is 8. The van der Waals surface area contributed by atoms with E-state index in [9.17, 15) is 9.90 Å². The van der Waals surface area contributed by atoms with Crippen LogP contribution in [-0.2, 0) is 12.8 Å². The van der Waals surface area contributed by atoms with Crippen molar-refractivity contribution >= 4 is 6.03 Å². The van der Waals surface area contributed by atoms with Crippen molar-refractivity contribution in [3.8, 4) is 5.75 Å². The quantitative estimate of drug-likeness (QED) is 0.691. The Morgan fingerprint density at radius 3 is 2.62 bits per heavy atom. The number of urea groups is 1. The van der Waals surface area contributed by atoms with Gasteiger partial charge in [0.25, 0.3) is 0 Å². The molecule has 1 aromatic carbocycles. The number of nitrogens with one attached hydrogen (secondary N) is 2. The highest BCUT2D eigenvalue weighted by atomic mass is 16.5. The third-order valence-electron chi connectivity index (χ3n) is 3.62. The maximum atomic E-state index is 11.8.